The molecule has 0 saturated carbocycles. The minimum absolute atomic E-state index is 0.00485. The Hall–Kier alpha value is -1.69. The summed E-state index contributed by atoms with van der Waals surface area (Å²) in [5.41, 5.74) is -0.0580. The van der Waals surface area contributed by atoms with Crippen LogP contribution in [0, 0.1) is 0 Å². The van der Waals surface area contributed by atoms with E-state index >= 15 is 0 Å². The lowest BCUT2D eigenvalue weighted by Gasteiger charge is -2.03. The van der Waals surface area contributed by atoms with Crippen LogP contribution in [0.1, 0.15) is 10.6 Å². The first-order valence-electron chi connectivity index (χ1n) is 6.92. The molecule has 0 amide bonds. The molecule has 0 fully saturated rings. The van der Waals surface area contributed by atoms with Gasteiger partial charge in [0.25, 0.3) is 0 Å². The predicted octanol–water partition coefficient (Wildman–Crippen LogP) is 4.00. The highest BCUT2D eigenvalue weighted by molar-refractivity contribution is 7.91. The van der Waals surface area contributed by atoms with E-state index in [0.29, 0.717) is 6.42 Å². The Balaban J connectivity index is 1.70. The van der Waals surface area contributed by atoms with Gasteiger partial charge in [-0.2, -0.15) is 13.2 Å². The quantitative estimate of drug-likeness (QED) is 0.669. The molecule has 0 radical (unpaired) electrons. The molecule has 5 nitrogen and oxygen atoms in total. The molecule has 1 N–H and O–H groups in total. The zero-order valence-electron chi connectivity index (χ0n) is 12.4. The maximum atomic E-state index is 12.5. The minimum atomic E-state index is -4.64. The molecule has 3 heterocycles. The van der Waals surface area contributed by atoms with Gasteiger partial charge in [0, 0.05) is 17.5 Å². The number of halogens is 3. The minimum Gasteiger partial charge on any atom is -0.351 e. The summed E-state index contributed by atoms with van der Waals surface area (Å²) >= 11 is 2.36. The molecular formula is C14H11F3N2O3S3. The van der Waals surface area contributed by atoms with Gasteiger partial charge in [-0.1, -0.05) is 11.2 Å². The molecule has 0 atom stereocenters. The fourth-order valence-corrected chi connectivity index (χ4v) is 5.01. The van der Waals surface area contributed by atoms with Crippen molar-refractivity contribution in [2.45, 2.75) is 16.8 Å². The third kappa shape index (κ3) is 4.29. The molecule has 11 heteroatoms. The van der Waals surface area contributed by atoms with E-state index in [1.54, 1.807) is 0 Å². The van der Waals surface area contributed by atoms with E-state index in [4.69, 9.17) is 0 Å². The Labute approximate surface area is 149 Å². The van der Waals surface area contributed by atoms with E-state index < -0.39 is 22.0 Å². The van der Waals surface area contributed by atoms with Crippen LogP contribution in [-0.2, 0) is 22.6 Å². The summed E-state index contributed by atoms with van der Waals surface area (Å²) in [5.74, 6) is -1.23. The average molecular weight is 408 g/mol. The van der Waals surface area contributed by atoms with Gasteiger partial charge < -0.3 is 4.52 Å². The highest BCUT2D eigenvalue weighted by Gasteiger charge is 2.36. The molecule has 0 aliphatic heterocycles. The largest absolute Gasteiger partial charge is 0.452 e. The molecule has 0 spiro atoms. The van der Waals surface area contributed by atoms with Gasteiger partial charge >= 0.3 is 6.18 Å². The van der Waals surface area contributed by atoms with Crippen LogP contribution in [0.2, 0.25) is 0 Å². The smallest absolute Gasteiger partial charge is 0.351 e. The van der Waals surface area contributed by atoms with Gasteiger partial charge in [-0.15, -0.1) is 22.7 Å². The van der Waals surface area contributed by atoms with Crippen molar-refractivity contribution < 1.29 is 26.1 Å². The molecular weight excluding hydrogens is 397 g/mol. The lowest BCUT2D eigenvalue weighted by Crippen LogP contribution is -2.25. The van der Waals surface area contributed by atoms with E-state index in [9.17, 15) is 21.6 Å². The number of hydrogen-bond acceptors (Lipinski definition) is 6. The Morgan fingerprint density at radius 2 is 2.04 bits per heavy atom. The third-order valence-electron chi connectivity index (χ3n) is 3.13. The van der Waals surface area contributed by atoms with Crippen molar-refractivity contribution in [3.8, 4) is 10.6 Å². The monoisotopic (exact) mass is 408 g/mol. The molecule has 0 bridgehead atoms. The Morgan fingerprint density at radius 3 is 2.68 bits per heavy atom. The molecule has 3 rings (SSSR count). The first kappa shape index (κ1) is 18.1. The standard InChI is InChI=1S/C14H11F3N2O3S3/c15-14(16,17)12-8-10(19-22-12)11-3-4-13(24-11)25(20,21)18-6-5-9-2-1-7-23-9/h1-4,7-8,18H,5-6H2. The summed E-state index contributed by atoms with van der Waals surface area (Å²) in [4.78, 5) is 1.33. The van der Waals surface area contributed by atoms with Gasteiger partial charge in [-0.05, 0) is 30.0 Å². The van der Waals surface area contributed by atoms with Crippen molar-refractivity contribution in [2.75, 3.05) is 6.54 Å². The van der Waals surface area contributed by atoms with Crippen molar-refractivity contribution in [2.24, 2.45) is 0 Å². The van der Waals surface area contributed by atoms with Gasteiger partial charge in [0.05, 0.1) is 4.88 Å². The molecule has 0 aliphatic carbocycles. The first-order valence-corrected chi connectivity index (χ1v) is 10.1. The number of thiophene rings is 2. The van der Waals surface area contributed by atoms with Crippen LogP contribution in [0.3, 0.4) is 0 Å². The lowest BCUT2D eigenvalue weighted by molar-refractivity contribution is -0.155. The number of nitrogens with one attached hydrogen (secondary N) is 1. The van der Waals surface area contributed by atoms with E-state index in [-0.39, 0.29) is 21.3 Å². The maximum Gasteiger partial charge on any atom is 0.452 e. The lowest BCUT2D eigenvalue weighted by atomic mass is 10.3. The van der Waals surface area contributed by atoms with Crippen LogP contribution in [0.15, 0.2) is 44.4 Å². The highest BCUT2D eigenvalue weighted by atomic mass is 32.2. The number of aromatic nitrogens is 1. The summed E-state index contributed by atoms with van der Waals surface area (Å²) in [6.45, 7) is 0.234. The van der Waals surface area contributed by atoms with Gasteiger partial charge in [0.2, 0.25) is 15.8 Å². The van der Waals surface area contributed by atoms with Gasteiger partial charge in [0.1, 0.15) is 9.90 Å². The fourth-order valence-electron chi connectivity index (χ4n) is 1.96. The topological polar surface area (TPSA) is 72.2 Å². The second kappa shape index (κ2) is 6.90. The Kier molecular flexibility index (Phi) is 5.00. The molecule has 0 aromatic carbocycles. The highest BCUT2D eigenvalue weighted by Crippen LogP contribution is 2.35. The van der Waals surface area contributed by atoms with Crippen LogP contribution in [0.25, 0.3) is 10.6 Å². The maximum absolute atomic E-state index is 12.5. The summed E-state index contributed by atoms with van der Waals surface area (Å²) in [6.07, 6.45) is -4.08. The van der Waals surface area contributed by atoms with E-state index in [2.05, 4.69) is 14.4 Å². The Bertz CT molecular complexity index is 944. The van der Waals surface area contributed by atoms with Crippen molar-refractivity contribution in [1.82, 2.24) is 9.88 Å². The fraction of sp³-hybridized carbons (Fsp3) is 0.214. The zero-order chi connectivity index (χ0) is 18.1. The van der Waals surface area contributed by atoms with Crippen molar-refractivity contribution in [3.05, 3.63) is 46.3 Å². The number of nitrogens with zero attached hydrogens (tertiary/aromatic N) is 1. The summed E-state index contributed by atoms with van der Waals surface area (Å²) in [6, 6.07) is 7.26. The van der Waals surface area contributed by atoms with Crippen molar-refractivity contribution >= 4 is 32.7 Å². The Morgan fingerprint density at radius 1 is 1.24 bits per heavy atom. The number of rotatable bonds is 6. The second-order valence-electron chi connectivity index (χ2n) is 4.92. The summed E-state index contributed by atoms with van der Waals surface area (Å²) < 4.78 is 68.8. The van der Waals surface area contributed by atoms with Crippen molar-refractivity contribution in [1.29, 1.82) is 0 Å². The molecule has 3 aromatic rings. The SMILES string of the molecule is O=S(=O)(NCCc1cccs1)c1ccc(-c2cc(C(F)(F)F)on2)s1. The number of hydrogen-bond donors (Lipinski definition) is 1. The van der Waals surface area contributed by atoms with Gasteiger partial charge in [0.15, 0.2) is 0 Å². The van der Waals surface area contributed by atoms with E-state index in [1.807, 2.05) is 17.5 Å². The predicted molar refractivity (Wildman–Crippen MR) is 88.0 cm³/mol. The van der Waals surface area contributed by atoms with Crippen molar-refractivity contribution in [3.63, 3.8) is 0 Å². The first-order chi connectivity index (χ1) is 11.8. The van der Waals surface area contributed by atoms with E-state index in [0.717, 1.165) is 22.3 Å². The average Bonchev–Trinajstić information content (AvgIpc) is 3.27. The molecule has 0 saturated heterocycles. The van der Waals surface area contributed by atoms with Gasteiger partial charge in [-0.25, -0.2) is 13.1 Å². The normalized spacial score (nSPS) is 12.6. The van der Waals surface area contributed by atoms with Crippen LogP contribution >= 0.6 is 22.7 Å². The number of sulfonamides is 1. The van der Waals surface area contributed by atoms with Crippen LogP contribution in [0.5, 0.6) is 0 Å². The summed E-state index contributed by atoms with van der Waals surface area (Å²) in [7, 11) is -3.73. The van der Waals surface area contributed by atoms with Crippen LogP contribution in [0.4, 0.5) is 13.2 Å². The van der Waals surface area contributed by atoms with Crippen LogP contribution in [-0.4, -0.2) is 20.1 Å². The zero-order valence-corrected chi connectivity index (χ0v) is 14.9. The van der Waals surface area contributed by atoms with Gasteiger partial charge in [-0.3, -0.25) is 0 Å². The molecule has 3 aromatic heterocycles. The van der Waals surface area contributed by atoms with Crippen LogP contribution < -0.4 is 4.72 Å². The molecule has 0 unspecified atom stereocenters. The third-order valence-corrected chi connectivity index (χ3v) is 7.13. The van der Waals surface area contributed by atoms with E-state index in [1.165, 1.54) is 23.5 Å². The molecule has 134 valence electrons. The molecule has 0 aliphatic rings. The summed E-state index contributed by atoms with van der Waals surface area (Å²) in [5, 5.41) is 5.25. The molecule has 25 heavy (non-hydrogen) atoms. The number of alkyl halides is 3. The second-order valence-corrected chi connectivity index (χ2v) is 9.03.